The fourth-order valence-electron chi connectivity index (χ4n) is 6.06. The number of hydrogen-bond donors (Lipinski definition) is 3. The molecule has 1 fully saturated rings. The molecule has 12 heteroatoms. The lowest BCUT2D eigenvalue weighted by atomic mass is 9.78. The zero-order chi connectivity index (χ0) is 32.8. The number of pyridine rings is 1. The number of carbonyl (C=O) groups excluding carboxylic acids is 1. The average molecular weight is 666 g/mol. The van der Waals surface area contributed by atoms with Gasteiger partial charge in [-0.3, -0.25) is 14.7 Å². The maximum absolute atomic E-state index is 13.7. The smallest absolute Gasteiger partial charge is 0.334 e. The van der Waals surface area contributed by atoms with E-state index in [0.29, 0.717) is 38.3 Å². The van der Waals surface area contributed by atoms with Crippen LogP contribution in [0.5, 0.6) is 5.75 Å². The third-order valence-electron chi connectivity index (χ3n) is 8.32. The van der Waals surface area contributed by atoms with Crippen LogP contribution >= 0.6 is 23.2 Å². The molecule has 2 aliphatic heterocycles. The van der Waals surface area contributed by atoms with Crippen molar-refractivity contribution in [3.8, 4) is 5.75 Å². The minimum Gasteiger partial charge on any atom is -0.496 e. The van der Waals surface area contributed by atoms with Crippen LogP contribution in [0.4, 0.5) is 0 Å². The van der Waals surface area contributed by atoms with E-state index in [-0.39, 0.29) is 56.9 Å². The highest BCUT2D eigenvalue weighted by Gasteiger charge is 2.41. The molecule has 5 rings (SSSR count). The largest absolute Gasteiger partial charge is 0.496 e. The molecule has 0 aliphatic carbocycles. The number of aryl methyl sites for hydroxylation is 1. The Hall–Kier alpha value is -4.38. The number of benzene rings is 2. The van der Waals surface area contributed by atoms with E-state index in [9.17, 15) is 24.6 Å². The molecule has 3 aromatic rings. The minimum atomic E-state index is -1.37. The first kappa shape index (κ1) is 33.0. The number of amides is 1. The molecule has 1 amide bonds. The zero-order valence-corrected chi connectivity index (χ0v) is 26.7. The number of aliphatic carboxylic acids is 2. The molecule has 0 saturated carbocycles. The van der Waals surface area contributed by atoms with Gasteiger partial charge in [-0.15, -0.1) is 0 Å². The second-order valence-corrected chi connectivity index (χ2v) is 11.9. The number of carboxylic acid groups (broad SMARTS) is 2. The van der Waals surface area contributed by atoms with E-state index in [4.69, 9.17) is 27.9 Å². The second kappa shape index (κ2) is 14.8. The summed E-state index contributed by atoms with van der Waals surface area (Å²) in [5.41, 5.74) is 2.04. The molecule has 240 valence electrons. The number of allylic oxidation sites excluding steroid dienone is 1. The number of carboxylic acids is 2. The highest BCUT2D eigenvalue weighted by molar-refractivity contribution is 6.36. The number of ether oxygens (including phenoxy) is 1. The molecule has 2 aliphatic rings. The third kappa shape index (κ3) is 7.36. The first-order valence-electron chi connectivity index (χ1n) is 14.8. The summed E-state index contributed by atoms with van der Waals surface area (Å²) >= 11 is 13.1. The van der Waals surface area contributed by atoms with E-state index in [1.165, 1.54) is 12.1 Å². The SMILES string of the molecule is COc1ccccc1CCC1=C(C(=O)O)C(c2c(Cl)cccc2Cl)C(C(=O)O)=C(CC(=O)N2CCN(Cc3ccncc3)CC2)N1. The van der Waals surface area contributed by atoms with Gasteiger partial charge in [-0.25, -0.2) is 9.59 Å². The van der Waals surface area contributed by atoms with E-state index < -0.39 is 17.9 Å². The van der Waals surface area contributed by atoms with E-state index in [2.05, 4.69) is 15.2 Å². The van der Waals surface area contributed by atoms with Gasteiger partial charge in [-0.05, 0) is 54.3 Å². The van der Waals surface area contributed by atoms with Crippen LogP contribution in [0.15, 0.2) is 89.5 Å². The minimum absolute atomic E-state index is 0.109. The van der Waals surface area contributed by atoms with Crippen LogP contribution in [-0.4, -0.2) is 76.1 Å². The monoisotopic (exact) mass is 664 g/mol. The van der Waals surface area contributed by atoms with Crippen molar-refractivity contribution in [2.45, 2.75) is 31.7 Å². The summed E-state index contributed by atoms with van der Waals surface area (Å²) in [4.78, 5) is 47.5. The van der Waals surface area contributed by atoms with Gasteiger partial charge in [0.1, 0.15) is 5.75 Å². The number of dihydropyridines is 1. The summed E-state index contributed by atoms with van der Waals surface area (Å²) in [5.74, 6) is -3.65. The maximum Gasteiger partial charge on any atom is 0.334 e. The zero-order valence-electron chi connectivity index (χ0n) is 25.2. The Morgan fingerprint density at radius 1 is 0.870 bits per heavy atom. The number of nitrogens with zero attached hydrogens (tertiary/aromatic N) is 3. The van der Waals surface area contributed by atoms with Crippen LogP contribution in [0.25, 0.3) is 0 Å². The Kier molecular flexibility index (Phi) is 10.6. The van der Waals surface area contributed by atoms with Crippen molar-refractivity contribution in [3.63, 3.8) is 0 Å². The normalized spacial score (nSPS) is 17.1. The molecular formula is C34H34Cl2N4O6. The van der Waals surface area contributed by atoms with Gasteiger partial charge < -0.3 is 25.2 Å². The van der Waals surface area contributed by atoms with Crippen molar-refractivity contribution < 1.29 is 29.3 Å². The lowest BCUT2D eigenvalue weighted by molar-refractivity contribution is -0.133. The number of rotatable bonds is 11. The van der Waals surface area contributed by atoms with Crippen LogP contribution in [-0.2, 0) is 27.3 Å². The highest BCUT2D eigenvalue weighted by atomic mass is 35.5. The molecule has 0 bridgehead atoms. The molecule has 3 N–H and O–H groups in total. The van der Waals surface area contributed by atoms with Crippen molar-refractivity contribution in [1.82, 2.24) is 20.1 Å². The fourth-order valence-corrected chi connectivity index (χ4v) is 6.68. The van der Waals surface area contributed by atoms with Crippen molar-refractivity contribution in [1.29, 1.82) is 0 Å². The van der Waals surface area contributed by atoms with E-state index in [1.807, 2.05) is 36.4 Å². The van der Waals surface area contributed by atoms with Crippen molar-refractivity contribution in [2.75, 3.05) is 33.3 Å². The molecule has 0 radical (unpaired) electrons. The number of methoxy groups -OCH3 is 1. The molecule has 1 saturated heterocycles. The third-order valence-corrected chi connectivity index (χ3v) is 8.98. The molecular weight excluding hydrogens is 631 g/mol. The Bertz CT molecular complexity index is 1670. The lowest BCUT2D eigenvalue weighted by Gasteiger charge is -2.36. The number of halogens is 2. The van der Waals surface area contributed by atoms with Crippen molar-refractivity contribution in [2.24, 2.45) is 0 Å². The summed E-state index contributed by atoms with van der Waals surface area (Å²) in [7, 11) is 1.56. The molecule has 1 unspecified atom stereocenters. The Morgan fingerprint density at radius 3 is 2.13 bits per heavy atom. The summed E-state index contributed by atoms with van der Waals surface area (Å²) in [5, 5.41) is 24.4. The summed E-state index contributed by atoms with van der Waals surface area (Å²) in [6.07, 6.45) is 3.81. The topological polar surface area (TPSA) is 132 Å². The first-order chi connectivity index (χ1) is 22.2. The number of nitrogens with one attached hydrogen (secondary N) is 1. The highest BCUT2D eigenvalue weighted by Crippen LogP contribution is 2.45. The molecule has 2 aromatic carbocycles. The predicted molar refractivity (Wildman–Crippen MR) is 174 cm³/mol. The Labute approximate surface area is 276 Å². The maximum atomic E-state index is 13.7. The van der Waals surface area contributed by atoms with Crippen LogP contribution in [0.2, 0.25) is 10.0 Å². The van der Waals surface area contributed by atoms with Gasteiger partial charge in [0.25, 0.3) is 0 Å². The van der Waals surface area contributed by atoms with Crippen LogP contribution in [0, 0.1) is 0 Å². The summed E-state index contributed by atoms with van der Waals surface area (Å²) in [6, 6.07) is 16.0. The molecule has 1 atom stereocenters. The number of para-hydroxylation sites is 1. The Morgan fingerprint density at radius 2 is 1.50 bits per heavy atom. The first-order valence-corrected chi connectivity index (χ1v) is 15.6. The van der Waals surface area contributed by atoms with Gasteiger partial charge in [0.15, 0.2) is 0 Å². The van der Waals surface area contributed by atoms with Gasteiger partial charge in [0.2, 0.25) is 5.91 Å². The van der Waals surface area contributed by atoms with Crippen LogP contribution < -0.4 is 10.1 Å². The lowest BCUT2D eigenvalue weighted by Crippen LogP contribution is -2.48. The quantitative estimate of drug-likeness (QED) is 0.255. The molecule has 46 heavy (non-hydrogen) atoms. The van der Waals surface area contributed by atoms with E-state index >= 15 is 0 Å². The van der Waals surface area contributed by atoms with E-state index in [1.54, 1.807) is 30.5 Å². The molecule has 10 nitrogen and oxygen atoms in total. The van der Waals surface area contributed by atoms with Crippen molar-refractivity contribution >= 4 is 41.0 Å². The summed E-state index contributed by atoms with van der Waals surface area (Å²) < 4.78 is 5.48. The van der Waals surface area contributed by atoms with E-state index in [0.717, 1.165) is 17.7 Å². The number of carbonyl (C=O) groups is 3. The number of piperazine rings is 1. The molecule has 3 heterocycles. The fraction of sp³-hybridized carbons (Fsp3) is 0.294. The van der Waals surface area contributed by atoms with Crippen LogP contribution in [0.3, 0.4) is 0 Å². The van der Waals surface area contributed by atoms with Crippen LogP contribution in [0.1, 0.15) is 35.4 Å². The number of hydrogen-bond acceptors (Lipinski definition) is 7. The second-order valence-electron chi connectivity index (χ2n) is 11.1. The average Bonchev–Trinajstić information content (AvgIpc) is 3.04. The summed E-state index contributed by atoms with van der Waals surface area (Å²) in [6.45, 7) is 2.97. The van der Waals surface area contributed by atoms with Gasteiger partial charge >= 0.3 is 11.9 Å². The Balaban J connectivity index is 1.47. The molecule has 0 spiro atoms. The molecule has 1 aromatic heterocycles. The predicted octanol–water partition coefficient (Wildman–Crippen LogP) is 5.13. The number of aromatic nitrogens is 1. The van der Waals surface area contributed by atoms with Crippen molar-refractivity contribution in [3.05, 3.63) is 116 Å². The van der Waals surface area contributed by atoms with Gasteiger partial charge in [-0.1, -0.05) is 47.5 Å². The standard InChI is InChI=1S/C34H34Cl2N4O6/c1-46-27-8-3-2-5-22(27)9-10-25-30(33(42)43)32(29-23(35)6-4-7-24(29)36)31(34(44)45)26(38-25)19-28(41)40-17-15-39(16-18-40)20-21-11-13-37-14-12-21/h2-8,11-14,32,38H,9-10,15-20H2,1H3,(H,42,43)(H,44,45). The van der Waals surface area contributed by atoms with Gasteiger partial charge in [0, 0.05) is 72.1 Å². The van der Waals surface area contributed by atoms with Gasteiger partial charge in [-0.2, -0.15) is 0 Å². The van der Waals surface area contributed by atoms with Gasteiger partial charge in [0.05, 0.1) is 30.6 Å².